The molecule has 0 fully saturated rings. The molecule has 0 aliphatic rings. The second-order valence-corrected chi connectivity index (χ2v) is 13.4. The lowest BCUT2D eigenvalue weighted by Crippen LogP contribution is -2.52. The summed E-state index contributed by atoms with van der Waals surface area (Å²) >= 11 is 6.28. The first-order chi connectivity index (χ1) is 21.2. The fraction of sp³-hybridized carbons (Fsp3) is 0.375. The highest BCUT2D eigenvalue weighted by Gasteiger charge is 2.35. The molecular formula is C32H39ClN4O7S. The SMILES string of the molecule is CCC(C(=O)NCC(C)C)N(Cc1ccc(C)cc1)C(=O)CN(c1cc(Cl)ccc1OC)S(=O)(=O)c1ccc(C)c([N+](=O)[O-])c1. The molecule has 1 unspecified atom stereocenters. The number of nitro benzene ring substituents is 1. The maximum atomic E-state index is 14.3. The highest BCUT2D eigenvalue weighted by Crippen LogP contribution is 2.36. The number of methoxy groups -OCH3 is 1. The Kier molecular flexibility index (Phi) is 11.9. The molecule has 1 N–H and O–H groups in total. The van der Waals surface area contributed by atoms with Crippen molar-refractivity contribution >= 4 is 44.8 Å². The van der Waals surface area contributed by atoms with Gasteiger partial charge in [-0.15, -0.1) is 0 Å². The normalized spacial score (nSPS) is 12.0. The van der Waals surface area contributed by atoms with Gasteiger partial charge in [0.1, 0.15) is 18.3 Å². The van der Waals surface area contributed by atoms with Crippen LogP contribution in [0.2, 0.25) is 5.02 Å². The number of amides is 2. The van der Waals surface area contributed by atoms with Crippen LogP contribution in [0.15, 0.2) is 65.6 Å². The van der Waals surface area contributed by atoms with E-state index >= 15 is 0 Å². The van der Waals surface area contributed by atoms with Crippen LogP contribution in [-0.2, 0) is 26.2 Å². The molecule has 3 rings (SSSR count). The van der Waals surface area contributed by atoms with Crippen LogP contribution in [0.25, 0.3) is 0 Å². The predicted octanol–water partition coefficient (Wildman–Crippen LogP) is 5.65. The predicted molar refractivity (Wildman–Crippen MR) is 174 cm³/mol. The second-order valence-electron chi connectivity index (χ2n) is 11.1. The van der Waals surface area contributed by atoms with Gasteiger partial charge >= 0.3 is 0 Å². The van der Waals surface area contributed by atoms with E-state index in [2.05, 4.69) is 5.32 Å². The van der Waals surface area contributed by atoms with E-state index in [1.54, 1.807) is 6.92 Å². The number of anilines is 1. The summed E-state index contributed by atoms with van der Waals surface area (Å²) in [4.78, 5) is 39.6. The van der Waals surface area contributed by atoms with Crippen molar-refractivity contribution in [1.29, 1.82) is 0 Å². The number of benzene rings is 3. The fourth-order valence-corrected chi connectivity index (χ4v) is 6.28. The molecule has 2 amide bonds. The van der Waals surface area contributed by atoms with Crippen molar-refractivity contribution < 1.29 is 27.7 Å². The van der Waals surface area contributed by atoms with Crippen LogP contribution in [-0.4, -0.2) is 56.3 Å². The number of hydrogen-bond acceptors (Lipinski definition) is 7. The smallest absolute Gasteiger partial charge is 0.273 e. The number of carbonyl (C=O) groups excluding carboxylic acids is 2. The fourth-order valence-electron chi connectivity index (χ4n) is 4.68. The van der Waals surface area contributed by atoms with Crippen molar-refractivity contribution in [2.45, 2.75) is 58.5 Å². The average molecular weight is 659 g/mol. The Morgan fingerprint density at radius 1 is 1.04 bits per heavy atom. The molecule has 0 saturated carbocycles. The number of sulfonamides is 1. The number of nitrogens with zero attached hydrogens (tertiary/aromatic N) is 3. The van der Waals surface area contributed by atoms with E-state index in [4.69, 9.17) is 16.3 Å². The van der Waals surface area contributed by atoms with Crippen LogP contribution in [0, 0.1) is 29.9 Å². The van der Waals surface area contributed by atoms with Crippen LogP contribution < -0.4 is 14.4 Å². The Hall–Kier alpha value is -4.16. The van der Waals surface area contributed by atoms with Crippen LogP contribution in [0.3, 0.4) is 0 Å². The van der Waals surface area contributed by atoms with E-state index in [0.29, 0.717) is 6.54 Å². The molecule has 0 aliphatic carbocycles. The third-order valence-electron chi connectivity index (χ3n) is 7.20. The quantitative estimate of drug-likeness (QED) is 0.174. The molecule has 11 nitrogen and oxygen atoms in total. The molecular weight excluding hydrogens is 620 g/mol. The Bertz CT molecular complexity index is 1650. The summed E-state index contributed by atoms with van der Waals surface area (Å²) in [5.41, 5.74) is 1.58. The van der Waals surface area contributed by atoms with Gasteiger partial charge in [0.2, 0.25) is 11.8 Å². The number of hydrogen-bond donors (Lipinski definition) is 1. The first kappa shape index (κ1) is 35.3. The van der Waals surface area contributed by atoms with Gasteiger partial charge in [0.15, 0.2) is 0 Å². The van der Waals surface area contributed by atoms with Crippen molar-refractivity contribution in [3.05, 3.63) is 92.5 Å². The van der Waals surface area contributed by atoms with Gasteiger partial charge in [-0.3, -0.25) is 24.0 Å². The van der Waals surface area contributed by atoms with Crippen LogP contribution in [0.5, 0.6) is 5.75 Å². The number of halogens is 1. The van der Waals surface area contributed by atoms with Gasteiger partial charge in [-0.1, -0.05) is 68.3 Å². The Morgan fingerprint density at radius 3 is 2.29 bits per heavy atom. The van der Waals surface area contributed by atoms with Gasteiger partial charge in [-0.05, 0) is 56.0 Å². The van der Waals surface area contributed by atoms with E-state index in [0.717, 1.165) is 21.5 Å². The third-order valence-corrected chi connectivity index (χ3v) is 9.19. The zero-order valence-electron chi connectivity index (χ0n) is 26.2. The first-order valence-electron chi connectivity index (χ1n) is 14.4. The summed E-state index contributed by atoms with van der Waals surface area (Å²) in [6.07, 6.45) is 0.263. The number of nitro groups is 1. The van der Waals surface area contributed by atoms with Gasteiger partial charge in [0.25, 0.3) is 15.7 Å². The number of aryl methyl sites for hydroxylation is 2. The van der Waals surface area contributed by atoms with Crippen molar-refractivity contribution in [2.75, 3.05) is 24.5 Å². The van der Waals surface area contributed by atoms with Gasteiger partial charge in [-0.25, -0.2) is 8.42 Å². The minimum atomic E-state index is -4.62. The monoisotopic (exact) mass is 658 g/mol. The second kappa shape index (κ2) is 15.2. The average Bonchev–Trinajstić information content (AvgIpc) is 2.99. The molecule has 0 heterocycles. The third kappa shape index (κ3) is 8.73. The van der Waals surface area contributed by atoms with Gasteiger partial charge in [0.05, 0.1) is 22.6 Å². The van der Waals surface area contributed by atoms with E-state index in [-0.39, 0.29) is 46.8 Å². The maximum absolute atomic E-state index is 14.3. The van der Waals surface area contributed by atoms with Crippen molar-refractivity contribution in [2.24, 2.45) is 5.92 Å². The molecule has 1 atom stereocenters. The standard InChI is InChI=1S/C32H39ClN4O7S/c1-7-27(32(39)34-18-21(2)3)35(19-24-11-8-22(4)9-12-24)31(38)20-36(29-16-25(33)13-15-30(29)44-6)45(42,43)26-14-10-23(5)28(17-26)37(40)41/h8-17,21,27H,7,18-20H2,1-6H3,(H,34,39). The first-order valence-corrected chi connectivity index (χ1v) is 16.2. The maximum Gasteiger partial charge on any atom is 0.273 e. The number of ether oxygens (including phenoxy) is 1. The summed E-state index contributed by atoms with van der Waals surface area (Å²) in [6, 6.07) is 14.4. The zero-order chi connectivity index (χ0) is 33.5. The Morgan fingerprint density at radius 2 is 1.71 bits per heavy atom. The molecule has 3 aromatic rings. The summed E-state index contributed by atoms with van der Waals surface area (Å²) in [5, 5.41) is 14.7. The topological polar surface area (TPSA) is 139 Å². The molecule has 13 heteroatoms. The number of nitrogens with one attached hydrogen (secondary N) is 1. The largest absolute Gasteiger partial charge is 0.495 e. The van der Waals surface area contributed by atoms with Crippen molar-refractivity contribution in [3.63, 3.8) is 0 Å². The van der Waals surface area contributed by atoms with Crippen LogP contribution >= 0.6 is 11.6 Å². The van der Waals surface area contributed by atoms with E-state index in [9.17, 15) is 28.1 Å². The van der Waals surface area contributed by atoms with Crippen LogP contribution in [0.1, 0.15) is 43.9 Å². The lowest BCUT2D eigenvalue weighted by Gasteiger charge is -2.33. The highest BCUT2D eigenvalue weighted by atomic mass is 35.5. The number of carbonyl (C=O) groups is 2. The molecule has 0 saturated heterocycles. The molecule has 0 spiro atoms. The van der Waals surface area contributed by atoms with Gasteiger partial charge in [0, 0.05) is 29.7 Å². The lowest BCUT2D eigenvalue weighted by atomic mass is 10.1. The molecule has 0 aromatic heterocycles. The Balaban J connectivity index is 2.17. The summed E-state index contributed by atoms with van der Waals surface area (Å²) < 4.78 is 34.8. The summed E-state index contributed by atoms with van der Waals surface area (Å²) in [6.45, 7) is 8.78. The van der Waals surface area contributed by atoms with E-state index in [1.165, 1.54) is 49.3 Å². The van der Waals surface area contributed by atoms with Gasteiger partial charge < -0.3 is 15.0 Å². The minimum absolute atomic E-state index is 0.0310. The molecule has 0 aliphatic heterocycles. The van der Waals surface area contributed by atoms with Crippen molar-refractivity contribution in [1.82, 2.24) is 10.2 Å². The molecule has 0 bridgehead atoms. The Labute approximate surface area is 269 Å². The van der Waals surface area contributed by atoms with Gasteiger partial charge in [-0.2, -0.15) is 0 Å². The van der Waals surface area contributed by atoms with E-state index in [1.807, 2.05) is 45.0 Å². The molecule has 3 aromatic carbocycles. The van der Waals surface area contributed by atoms with E-state index < -0.39 is 44.0 Å². The number of rotatable bonds is 14. The summed E-state index contributed by atoms with van der Waals surface area (Å²) in [5.74, 6) is -0.767. The lowest BCUT2D eigenvalue weighted by molar-refractivity contribution is -0.385. The highest BCUT2D eigenvalue weighted by molar-refractivity contribution is 7.92. The minimum Gasteiger partial charge on any atom is -0.495 e. The molecule has 0 radical (unpaired) electrons. The molecule has 242 valence electrons. The summed E-state index contributed by atoms with van der Waals surface area (Å²) in [7, 11) is -3.28. The van der Waals surface area contributed by atoms with Crippen molar-refractivity contribution in [3.8, 4) is 5.75 Å². The van der Waals surface area contributed by atoms with Crippen LogP contribution in [0.4, 0.5) is 11.4 Å². The zero-order valence-corrected chi connectivity index (χ0v) is 27.8. The molecule has 45 heavy (non-hydrogen) atoms.